The number of amides is 2. The lowest BCUT2D eigenvalue weighted by Gasteiger charge is -2.13. The second-order valence-electron chi connectivity index (χ2n) is 7.16. The number of nitrogens with one attached hydrogen (secondary N) is 2. The van der Waals surface area contributed by atoms with E-state index >= 15 is 0 Å². The Bertz CT molecular complexity index is 1360. The molecule has 0 fully saturated rings. The van der Waals surface area contributed by atoms with E-state index in [4.69, 9.17) is 21.1 Å². The highest BCUT2D eigenvalue weighted by molar-refractivity contribution is 6.34. The lowest BCUT2D eigenvalue weighted by Crippen LogP contribution is -2.20. The van der Waals surface area contributed by atoms with Gasteiger partial charge in [0.1, 0.15) is 17.3 Å². The smallest absolute Gasteiger partial charge is 0.323 e. The number of carbonyl (C=O) groups excluding carboxylic acids is 1. The fourth-order valence-electron chi connectivity index (χ4n) is 3.19. The molecule has 2 amide bonds. The van der Waals surface area contributed by atoms with Crippen LogP contribution in [0.2, 0.25) is 5.02 Å². The van der Waals surface area contributed by atoms with Gasteiger partial charge in [-0.3, -0.25) is 4.98 Å². The van der Waals surface area contributed by atoms with Gasteiger partial charge >= 0.3 is 6.03 Å². The lowest BCUT2D eigenvalue weighted by atomic mass is 10.2. The van der Waals surface area contributed by atoms with E-state index in [9.17, 15) is 14.3 Å². The maximum absolute atomic E-state index is 13.9. The summed E-state index contributed by atoms with van der Waals surface area (Å²) in [6.07, 6.45) is 1.55. The van der Waals surface area contributed by atoms with E-state index in [1.165, 1.54) is 31.4 Å². The molecule has 1 heterocycles. The molecule has 3 aromatic carbocycles. The van der Waals surface area contributed by atoms with Crippen LogP contribution in [0.5, 0.6) is 23.0 Å². The second-order valence-corrected chi connectivity index (χ2v) is 7.56. The third-order valence-electron chi connectivity index (χ3n) is 4.79. The first-order valence-electron chi connectivity index (χ1n) is 9.81. The van der Waals surface area contributed by atoms with Crippen LogP contribution in [0.4, 0.5) is 20.6 Å². The monoisotopic (exact) mass is 467 g/mol. The van der Waals surface area contributed by atoms with Gasteiger partial charge in [-0.1, -0.05) is 17.7 Å². The summed E-state index contributed by atoms with van der Waals surface area (Å²) in [4.78, 5) is 16.5. The van der Waals surface area contributed by atoms with Gasteiger partial charge in [-0.2, -0.15) is 0 Å². The lowest BCUT2D eigenvalue weighted by molar-refractivity contribution is 0.262. The zero-order chi connectivity index (χ0) is 23.5. The fraction of sp³-hybridized carbons (Fsp3) is 0.0833. The number of carbonyl (C=O) groups is 1. The Labute approximate surface area is 193 Å². The molecule has 0 radical (unpaired) electrons. The summed E-state index contributed by atoms with van der Waals surface area (Å²) >= 11 is 6.32. The predicted octanol–water partition coefficient (Wildman–Crippen LogP) is 6.49. The van der Waals surface area contributed by atoms with Gasteiger partial charge in [0.25, 0.3) is 0 Å². The van der Waals surface area contributed by atoms with Crippen molar-refractivity contribution in [2.24, 2.45) is 0 Å². The van der Waals surface area contributed by atoms with Crippen LogP contribution in [0.25, 0.3) is 10.9 Å². The maximum atomic E-state index is 13.9. The third-order valence-corrected chi connectivity index (χ3v) is 5.10. The Morgan fingerprint density at radius 1 is 1.03 bits per heavy atom. The third kappa shape index (κ3) is 4.91. The number of halogens is 2. The molecule has 0 aliphatic carbocycles. The Morgan fingerprint density at radius 2 is 1.82 bits per heavy atom. The van der Waals surface area contributed by atoms with Crippen LogP contribution in [0.3, 0.4) is 0 Å². The van der Waals surface area contributed by atoms with Crippen LogP contribution < -0.4 is 20.1 Å². The average Bonchev–Trinajstić information content (AvgIpc) is 2.78. The topological polar surface area (TPSA) is 92.7 Å². The first-order chi connectivity index (χ1) is 15.8. The number of pyridine rings is 1. The van der Waals surface area contributed by atoms with Gasteiger partial charge in [0.05, 0.1) is 29.0 Å². The summed E-state index contributed by atoms with van der Waals surface area (Å²) < 4.78 is 25.0. The van der Waals surface area contributed by atoms with Crippen LogP contribution in [0.1, 0.15) is 5.56 Å². The van der Waals surface area contributed by atoms with Gasteiger partial charge in [0.2, 0.25) is 0 Å². The predicted molar refractivity (Wildman–Crippen MR) is 125 cm³/mol. The summed E-state index contributed by atoms with van der Waals surface area (Å²) in [5.41, 5.74) is 1.72. The number of benzene rings is 3. The van der Waals surface area contributed by atoms with E-state index in [0.29, 0.717) is 28.1 Å². The quantitative estimate of drug-likeness (QED) is 0.312. The van der Waals surface area contributed by atoms with Crippen molar-refractivity contribution in [3.63, 3.8) is 0 Å². The molecule has 0 atom stereocenters. The molecule has 0 saturated heterocycles. The molecule has 7 nitrogen and oxygen atoms in total. The van der Waals surface area contributed by atoms with E-state index in [1.807, 2.05) is 0 Å². The first-order valence-corrected chi connectivity index (χ1v) is 10.2. The number of urea groups is 1. The standard InChI is InChI=1S/C24H19ClFN3O4/c1-13-3-5-17(26)20(9-13)29-24(31)28-18-6-4-14(10-16(18)25)33-22-7-8-27-19-12-21(30)23(32-2)11-15(19)22/h3-12,30H,1-2H3,(H2,28,29,31). The highest BCUT2D eigenvalue weighted by Gasteiger charge is 2.13. The Kier molecular flexibility index (Phi) is 6.19. The van der Waals surface area contributed by atoms with E-state index in [-0.39, 0.29) is 22.2 Å². The van der Waals surface area contributed by atoms with Crippen molar-refractivity contribution < 1.29 is 23.8 Å². The van der Waals surface area contributed by atoms with Gasteiger partial charge in [0.15, 0.2) is 11.5 Å². The van der Waals surface area contributed by atoms with Gasteiger partial charge in [-0.25, -0.2) is 9.18 Å². The van der Waals surface area contributed by atoms with Crippen molar-refractivity contribution in [2.45, 2.75) is 6.92 Å². The van der Waals surface area contributed by atoms with Gasteiger partial charge in [-0.15, -0.1) is 0 Å². The van der Waals surface area contributed by atoms with E-state index in [0.717, 1.165) is 5.56 Å². The normalized spacial score (nSPS) is 10.7. The summed E-state index contributed by atoms with van der Waals surface area (Å²) in [5.74, 6) is 0.601. The van der Waals surface area contributed by atoms with Gasteiger partial charge in [-0.05, 0) is 48.9 Å². The number of phenolic OH excluding ortho intramolecular Hbond substituents is 1. The molecule has 0 bridgehead atoms. The number of nitrogens with zero attached hydrogens (tertiary/aromatic N) is 1. The number of aromatic hydroxyl groups is 1. The molecule has 0 aliphatic rings. The SMILES string of the molecule is COc1cc2c(Oc3ccc(NC(=O)Nc4cc(C)ccc4F)c(Cl)c3)ccnc2cc1O. The van der Waals surface area contributed by atoms with E-state index < -0.39 is 11.8 Å². The molecule has 3 N–H and O–H groups in total. The molecule has 168 valence electrons. The average molecular weight is 468 g/mol. The molecule has 1 aromatic heterocycles. The molecular formula is C24H19ClFN3O4. The molecule has 4 aromatic rings. The fourth-order valence-corrected chi connectivity index (χ4v) is 3.41. The Morgan fingerprint density at radius 3 is 2.58 bits per heavy atom. The van der Waals surface area contributed by atoms with Gasteiger partial charge in [0, 0.05) is 23.7 Å². The highest BCUT2D eigenvalue weighted by Crippen LogP contribution is 2.37. The Balaban J connectivity index is 1.52. The number of hydrogen-bond acceptors (Lipinski definition) is 5. The van der Waals surface area contributed by atoms with E-state index in [2.05, 4.69) is 15.6 Å². The van der Waals surface area contributed by atoms with Crippen LogP contribution in [-0.2, 0) is 0 Å². The molecule has 0 unspecified atom stereocenters. The Hall–Kier alpha value is -4.04. The summed E-state index contributed by atoms with van der Waals surface area (Å²) in [5, 5.41) is 15.9. The molecule has 0 aliphatic heterocycles. The zero-order valence-electron chi connectivity index (χ0n) is 17.6. The summed E-state index contributed by atoms with van der Waals surface area (Å²) in [7, 11) is 1.45. The molecule has 33 heavy (non-hydrogen) atoms. The zero-order valence-corrected chi connectivity index (χ0v) is 18.4. The number of aromatic nitrogens is 1. The van der Waals surface area contributed by atoms with Gasteiger partial charge < -0.3 is 25.2 Å². The van der Waals surface area contributed by atoms with Crippen LogP contribution in [0, 0.1) is 12.7 Å². The highest BCUT2D eigenvalue weighted by atomic mass is 35.5. The van der Waals surface area contributed by atoms with Crippen molar-refractivity contribution in [1.82, 2.24) is 4.98 Å². The van der Waals surface area contributed by atoms with Crippen LogP contribution >= 0.6 is 11.6 Å². The number of hydrogen-bond donors (Lipinski definition) is 3. The van der Waals surface area contributed by atoms with Crippen molar-refractivity contribution >= 4 is 39.9 Å². The largest absolute Gasteiger partial charge is 0.504 e. The van der Waals surface area contributed by atoms with Crippen molar-refractivity contribution in [3.8, 4) is 23.0 Å². The summed E-state index contributed by atoms with van der Waals surface area (Å²) in [6, 6.07) is 13.3. The number of ether oxygens (including phenoxy) is 2. The molecule has 0 spiro atoms. The molecular weight excluding hydrogens is 449 g/mol. The van der Waals surface area contributed by atoms with Crippen molar-refractivity contribution in [2.75, 3.05) is 17.7 Å². The number of aryl methyl sites for hydroxylation is 1. The number of fused-ring (bicyclic) bond motifs is 1. The van der Waals surface area contributed by atoms with Crippen LogP contribution in [0.15, 0.2) is 60.8 Å². The van der Waals surface area contributed by atoms with Crippen LogP contribution in [-0.4, -0.2) is 23.2 Å². The minimum atomic E-state index is -0.637. The summed E-state index contributed by atoms with van der Waals surface area (Å²) in [6.45, 7) is 1.79. The molecule has 0 saturated carbocycles. The number of methoxy groups -OCH3 is 1. The maximum Gasteiger partial charge on any atom is 0.323 e. The number of rotatable bonds is 5. The van der Waals surface area contributed by atoms with E-state index in [1.54, 1.807) is 43.5 Å². The molecule has 4 rings (SSSR count). The first kappa shape index (κ1) is 22.2. The minimum Gasteiger partial charge on any atom is -0.504 e. The second kappa shape index (κ2) is 9.22. The molecule has 9 heteroatoms. The number of anilines is 2. The minimum absolute atomic E-state index is 0.0306. The van der Waals surface area contributed by atoms with Crippen molar-refractivity contribution in [1.29, 1.82) is 0 Å². The number of phenols is 1. The van der Waals surface area contributed by atoms with Crippen molar-refractivity contribution in [3.05, 3.63) is 77.2 Å².